The largest absolute Gasteiger partial charge is 0.494 e. The Morgan fingerprint density at radius 2 is 2.11 bits per heavy atom. The van der Waals surface area contributed by atoms with Crippen LogP contribution in [0.25, 0.3) is 0 Å². The molecule has 0 bridgehead atoms. The van der Waals surface area contributed by atoms with Gasteiger partial charge in [0.15, 0.2) is 0 Å². The number of nitrogens with zero attached hydrogens (tertiary/aromatic N) is 2. The lowest BCUT2D eigenvalue weighted by Crippen LogP contribution is -2.18. The number of ether oxygens (including phenoxy) is 1. The monoisotopic (exact) mass is 246 g/mol. The molecular weight excluding hydrogens is 228 g/mol. The van der Waals surface area contributed by atoms with Crippen molar-refractivity contribution in [3.8, 4) is 5.75 Å². The molecule has 2 aromatic rings. The number of H-pyrrole nitrogens is 1. The molecule has 0 aliphatic heterocycles. The number of aromatic amines is 1. The fourth-order valence-corrected chi connectivity index (χ4v) is 1.81. The number of aromatic nitrogens is 3. The van der Waals surface area contributed by atoms with Gasteiger partial charge >= 0.3 is 0 Å². The lowest BCUT2D eigenvalue weighted by atomic mass is 10.0. The van der Waals surface area contributed by atoms with E-state index in [0.717, 1.165) is 30.0 Å². The third-order valence-electron chi connectivity index (χ3n) is 2.70. The second-order valence-corrected chi connectivity index (χ2v) is 4.03. The molecule has 0 aliphatic rings. The van der Waals surface area contributed by atoms with Gasteiger partial charge in [-0.1, -0.05) is 19.1 Å². The SMILES string of the molecule is CCCOc1ccc(C(NC)c2cn[nH]n2)cc1. The van der Waals surface area contributed by atoms with Gasteiger partial charge in [-0.2, -0.15) is 15.4 Å². The van der Waals surface area contributed by atoms with E-state index in [1.54, 1.807) is 6.20 Å². The summed E-state index contributed by atoms with van der Waals surface area (Å²) in [6, 6.07) is 8.09. The molecule has 0 saturated carbocycles. The summed E-state index contributed by atoms with van der Waals surface area (Å²) in [7, 11) is 1.90. The Labute approximate surface area is 107 Å². The van der Waals surface area contributed by atoms with E-state index < -0.39 is 0 Å². The number of benzene rings is 1. The molecule has 18 heavy (non-hydrogen) atoms. The number of hydrogen-bond acceptors (Lipinski definition) is 4. The molecule has 5 heteroatoms. The Morgan fingerprint density at radius 3 is 2.67 bits per heavy atom. The summed E-state index contributed by atoms with van der Waals surface area (Å²) in [6.45, 7) is 2.84. The van der Waals surface area contributed by atoms with Gasteiger partial charge in [0.1, 0.15) is 11.4 Å². The van der Waals surface area contributed by atoms with Crippen LogP contribution >= 0.6 is 0 Å². The fraction of sp³-hybridized carbons (Fsp3) is 0.385. The second kappa shape index (κ2) is 6.16. The van der Waals surface area contributed by atoms with Crippen LogP contribution in [0.1, 0.15) is 30.6 Å². The molecule has 1 aromatic carbocycles. The van der Waals surface area contributed by atoms with Crippen molar-refractivity contribution in [1.82, 2.24) is 20.7 Å². The standard InChI is InChI=1S/C13H18N4O/c1-3-8-18-11-6-4-10(5-7-11)13(14-2)12-9-15-17-16-12/h4-7,9,13-14H,3,8H2,1-2H3,(H,15,16,17). The second-order valence-electron chi connectivity index (χ2n) is 4.03. The van der Waals surface area contributed by atoms with Crippen LogP contribution in [0.15, 0.2) is 30.5 Å². The van der Waals surface area contributed by atoms with Gasteiger partial charge in [0, 0.05) is 0 Å². The van der Waals surface area contributed by atoms with Crippen molar-refractivity contribution in [2.45, 2.75) is 19.4 Å². The lowest BCUT2D eigenvalue weighted by Gasteiger charge is -2.14. The van der Waals surface area contributed by atoms with Crippen molar-refractivity contribution in [1.29, 1.82) is 0 Å². The van der Waals surface area contributed by atoms with Crippen molar-refractivity contribution in [2.75, 3.05) is 13.7 Å². The number of nitrogens with one attached hydrogen (secondary N) is 2. The van der Waals surface area contributed by atoms with Crippen LogP contribution in [0, 0.1) is 0 Å². The maximum absolute atomic E-state index is 5.56. The number of hydrogen-bond donors (Lipinski definition) is 2. The van der Waals surface area contributed by atoms with Crippen LogP contribution in [0.2, 0.25) is 0 Å². The van der Waals surface area contributed by atoms with E-state index >= 15 is 0 Å². The van der Waals surface area contributed by atoms with E-state index in [4.69, 9.17) is 4.74 Å². The molecular formula is C13H18N4O. The topological polar surface area (TPSA) is 62.8 Å². The first-order chi connectivity index (χ1) is 8.85. The predicted molar refractivity (Wildman–Crippen MR) is 69.5 cm³/mol. The highest BCUT2D eigenvalue weighted by Gasteiger charge is 2.14. The smallest absolute Gasteiger partial charge is 0.119 e. The van der Waals surface area contributed by atoms with Crippen molar-refractivity contribution in [2.24, 2.45) is 0 Å². The first-order valence-electron chi connectivity index (χ1n) is 6.10. The van der Waals surface area contributed by atoms with E-state index in [2.05, 4.69) is 27.7 Å². The van der Waals surface area contributed by atoms with Crippen LogP contribution in [-0.2, 0) is 0 Å². The molecule has 0 radical (unpaired) electrons. The van der Waals surface area contributed by atoms with Gasteiger partial charge < -0.3 is 10.1 Å². The molecule has 0 amide bonds. The van der Waals surface area contributed by atoms with Gasteiger partial charge in [0.2, 0.25) is 0 Å². The summed E-state index contributed by atoms with van der Waals surface area (Å²) < 4.78 is 5.56. The van der Waals surface area contributed by atoms with Crippen LogP contribution in [0.5, 0.6) is 5.75 Å². The Bertz CT molecular complexity index is 452. The summed E-state index contributed by atoms with van der Waals surface area (Å²) in [6.07, 6.45) is 2.74. The van der Waals surface area contributed by atoms with Crippen LogP contribution < -0.4 is 10.1 Å². The molecule has 1 aromatic heterocycles. The first kappa shape index (κ1) is 12.6. The van der Waals surface area contributed by atoms with Gasteiger partial charge in [-0.15, -0.1) is 0 Å². The highest BCUT2D eigenvalue weighted by atomic mass is 16.5. The minimum Gasteiger partial charge on any atom is -0.494 e. The highest BCUT2D eigenvalue weighted by molar-refractivity contribution is 5.32. The molecule has 1 atom stereocenters. The minimum atomic E-state index is 0.0453. The Balaban J connectivity index is 2.12. The molecule has 96 valence electrons. The molecule has 5 nitrogen and oxygen atoms in total. The van der Waals surface area contributed by atoms with E-state index in [1.807, 2.05) is 31.3 Å². The fourth-order valence-electron chi connectivity index (χ4n) is 1.81. The van der Waals surface area contributed by atoms with E-state index in [-0.39, 0.29) is 6.04 Å². The summed E-state index contributed by atoms with van der Waals surface area (Å²) in [5.74, 6) is 0.899. The molecule has 2 rings (SSSR count). The third kappa shape index (κ3) is 2.87. The zero-order valence-electron chi connectivity index (χ0n) is 10.7. The molecule has 0 saturated heterocycles. The Hall–Kier alpha value is -1.88. The van der Waals surface area contributed by atoms with Gasteiger partial charge in [-0.05, 0) is 31.2 Å². The van der Waals surface area contributed by atoms with Crippen molar-refractivity contribution in [3.63, 3.8) is 0 Å². The van der Waals surface area contributed by atoms with Gasteiger partial charge in [0.25, 0.3) is 0 Å². The van der Waals surface area contributed by atoms with Gasteiger partial charge in [-0.3, -0.25) is 0 Å². The Kier molecular flexibility index (Phi) is 4.30. The maximum atomic E-state index is 5.56. The molecule has 0 spiro atoms. The molecule has 1 heterocycles. The molecule has 2 N–H and O–H groups in total. The zero-order valence-corrected chi connectivity index (χ0v) is 10.7. The van der Waals surface area contributed by atoms with Crippen LogP contribution in [-0.4, -0.2) is 29.1 Å². The molecule has 0 fully saturated rings. The minimum absolute atomic E-state index is 0.0453. The maximum Gasteiger partial charge on any atom is 0.119 e. The van der Waals surface area contributed by atoms with E-state index in [1.165, 1.54) is 0 Å². The summed E-state index contributed by atoms with van der Waals surface area (Å²) in [5.41, 5.74) is 2.01. The quantitative estimate of drug-likeness (QED) is 0.817. The Morgan fingerprint density at radius 1 is 1.33 bits per heavy atom. The van der Waals surface area contributed by atoms with Crippen LogP contribution in [0.4, 0.5) is 0 Å². The first-order valence-corrected chi connectivity index (χ1v) is 6.10. The van der Waals surface area contributed by atoms with Gasteiger partial charge in [-0.25, -0.2) is 0 Å². The van der Waals surface area contributed by atoms with E-state index in [9.17, 15) is 0 Å². The summed E-state index contributed by atoms with van der Waals surface area (Å²) in [5, 5.41) is 13.8. The normalized spacial score (nSPS) is 12.3. The zero-order chi connectivity index (χ0) is 12.8. The molecule has 0 aliphatic carbocycles. The van der Waals surface area contributed by atoms with E-state index in [0.29, 0.717) is 0 Å². The lowest BCUT2D eigenvalue weighted by molar-refractivity contribution is 0.317. The van der Waals surface area contributed by atoms with Crippen molar-refractivity contribution in [3.05, 3.63) is 41.7 Å². The van der Waals surface area contributed by atoms with Gasteiger partial charge in [0.05, 0.1) is 18.8 Å². The number of rotatable bonds is 6. The average molecular weight is 246 g/mol. The van der Waals surface area contributed by atoms with Crippen molar-refractivity contribution >= 4 is 0 Å². The summed E-state index contributed by atoms with van der Waals surface area (Å²) in [4.78, 5) is 0. The summed E-state index contributed by atoms with van der Waals surface area (Å²) >= 11 is 0. The van der Waals surface area contributed by atoms with Crippen molar-refractivity contribution < 1.29 is 4.74 Å². The average Bonchev–Trinajstić information content (AvgIpc) is 2.93. The van der Waals surface area contributed by atoms with Crippen LogP contribution in [0.3, 0.4) is 0 Å². The third-order valence-corrected chi connectivity index (χ3v) is 2.70. The predicted octanol–water partition coefficient (Wildman–Crippen LogP) is 1.90. The highest BCUT2D eigenvalue weighted by Crippen LogP contribution is 2.21. The molecule has 1 unspecified atom stereocenters.